The molecule has 0 atom stereocenters. The second-order valence-corrected chi connectivity index (χ2v) is 17.9. The summed E-state index contributed by atoms with van der Waals surface area (Å²) in [4.78, 5) is 7.39. The molecule has 1 aliphatic rings. The van der Waals surface area contributed by atoms with E-state index in [4.69, 9.17) is 9.40 Å². The Morgan fingerprint density at radius 3 is 1.98 bits per heavy atom. The zero-order valence-electron chi connectivity index (χ0n) is 36.6. The van der Waals surface area contributed by atoms with Gasteiger partial charge in [-0.1, -0.05) is 172 Å². The van der Waals surface area contributed by atoms with E-state index in [9.17, 15) is 0 Å². The van der Waals surface area contributed by atoms with Crippen LogP contribution in [0.25, 0.3) is 94.2 Å². The minimum atomic E-state index is -0.0796. The van der Waals surface area contributed by atoms with E-state index in [1.807, 2.05) is 36.4 Å². The largest absolute Gasteiger partial charge is 0.435 e. The summed E-state index contributed by atoms with van der Waals surface area (Å²) in [6.07, 6.45) is 0. The first-order valence-electron chi connectivity index (χ1n) is 22.7. The van der Waals surface area contributed by atoms with Gasteiger partial charge >= 0.3 is 0 Å². The Labute approximate surface area is 383 Å². The predicted molar refractivity (Wildman–Crippen MR) is 274 cm³/mol. The predicted octanol–water partition coefficient (Wildman–Crippen LogP) is 16.9. The molecule has 13 rings (SSSR count). The quantitative estimate of drug-likeness (QED) is 0.160. The molecule has 0 fully saturated rings. The van der Waals surface area contributed by atoms with Crippen molar-refractivity contribution in [2.24, 2.45) is 0 Å². The zero-order chi connectivity index (χ0) is 43.9. The molecule has 0 N–H and O–H groups in total. The van der Waals surface area contributed by atoms with E-state index < -0.39 is 0 Å². The van der Waals surface area contributed by atoms with Crippen LogP contribution < -0.4 is 4.90 Å². The number of hydrogen-bond acceptors (Lipinski definition) is 3. The van der Waals surface area contributed by atoms with E-state index >= 15 is 0 Å². The maximum Gasteiger partial charge on any atom is 0.227 e. The van der Waals surface area contributed by atoms with E-state index in [2.05, 4.69) is 211 Å². The van der Waals surface area contributed by atoms with Crippen LogP contribution in [0.1, 0.15) is 25.0 Å². The maximum absolute atomic E-state index is 6.68. The van der Waals surface area contributed by atoms with Crippen molar-refractivity contribution in [3.63, 3.8) is 0 Å². The molecule has 4 heteroatoms. The van der Waals surface area contributed by atoms with Gasteiger partial charge in [0.05, 0.1) is 16.7 Å². The number of anilines is 3. The lowest BCUT2D eigenvalue weighted by Crippen LogP contribution is -2.14. The normalized spacial score (nSPS) is 12.8. The highest BCUT2D eigenvalue weighted by Gasteiger charge is 2.36. The summed E-state index contributed by atoms with van der Waals surface area (Å²) in [5, 5.41) is 4.93. The van der Waals surface area contributed by atoms with Gasteiger partial charge in [0.25, 0.3) is 0 Å². The Morgan fingerprint density at radius 2 is 1.14 bits per heavy atom. The molecule has 0 radical (unpaired) electrons. The van der Waals surface area contributed by atoms with Crippen LogP contribution in [0.4, 0.5) is 17.1 Å². The molecular weight excluding hydrogens is 803 g/mol. The molecule has 0 amide bonds. The number of hydrogen-bond donors (Lipinski definition) is 0. The number of aromatic nitrogens is 2. The Hall–Kier alpha value is -8.47. The second kappa shape index (κ2) is 14.8. The van der Waals surface area contributed by atoms with Crippen LogP contribution in [0.5, 0.6) is 0 Å². The molecule has 312 valence electrons. The number of oxazole rings is 1. The van der Waals surface area contributed by atoms with E-state index in [1.165, 1.54) is 60.4 Å². The van der Waals surface area contributed by atoms with Gasteiger partial charge in [-0.15, -0.1) is 0 Å². The third-order valence-corrected chi connectivity index (χ3v) is 13.8. The van der Waals surface area contributed by atoms with Crippen LogP contribution >= 0.6 is 0 Å². The van der Waals surface area contributed by atoms with E-state index in [-0.39, 0.29) is 5.41 Å². The average Bonchev–Trinajstić information content (AvgIpc) is 4.04. The fourth-order valence-corrected chi connectivity index (χ4v) is 10.7. The summed E-state index contributed by atoms with van der Waals surface area (Å²) < 4.78 is 9.11. The van der Waals surface area contributed by atoms with Gasteiger partial charge < -0.3 is 13.9 Å². The number of benzene rings is 10. The van der Waals surface area contributed by atoms with E-state index in [0.29, 0.717) is 5.89 Å². The maximum atomic E-state index is 6.68. The highest BCUT2D eigenvalue weighted by Crippen LogP contribution is 2.52. The molecule has 0 unspecified atom stereocenters. The Morgan fingerprint density at radius 1 is 0.470 bits per heavy atom. The van der Waals surface area contributed by atoms with Crippen molar-refractivity contribution in [2.45, 2.75) is 19.3 Å². The number of rotatable bonds is 7. The summed E-state index contributed by atoms with van der Waals surface area (Å²) >= 11 is 0. The van der Waals surface area contributed by atoms with Crippen molar-refractivity contribution in [2.75, 3.05) is 4.90 Å². The first-order chi connectivity index (χ1) is 32.5. The molecular formula is C62H43N3O. The molecule has 0 saturated heterocycles. The lowest BCUT2D eigenvalue weighted by atomic mass is 9.82. The Bertz CT molecular complexity index is 3840. The van der Waals surface area contributed by atoms with Crippen molar-refractivity contribution in [1.29, 1.82) is 0 Å². The Balaban J connectivity index is 1.04. The molecule has 2 heterocycles. The molecule has 0 spiro atoms. The number of para-hydroxylation sites is 3. The van der Waals surface area contributed by atoms with Crippen molar-refractivity contribution in [1.82, 2.24) is 9.55 Å². The van der Waals surface area contributed by atoms with Crippen LogP contribution in [-0.2, 0) is 5.41 Å². The topological polar surface area (TPSA) is 34.2 Å². The third kappa shape index (κ3) is 5.81. The molecule has 0 saturated carbocycles. The van der Waals surface area contributed by atoms with Crippen LogP contribution in [-0.4, -0.2) is 9.55 Å². The number of nitrogens with zero attached hydrogens (tertiary/aromatic N) is 3. The SMILES string of the molecule is CC1(C)c2ccccc2-c2c(-c3ccc(N(c4ccc5c6c7ccccc7ccc6n(-c6ccccc6)c5c4)c4ccccc4-c4cccc5nc(-c6ccccc6)oc45)cc3)cccc21. The first-order valence-corrected chi connectivity index (χ1v) is 22.7. The summed E-state index contributed by atoms with van der Waals surface area (Å²) in [7, 11) is 0. The van der Waals surface area contributed by atoms with Gasteiger partial charge in [-0.2, -0.15) is 0 Å². The third-order valence-electron chi connectivity index (χ3n) is 13.8. The zero-order valence-corrected chi connectivity index (χ0v) is 36.6. The van der Waals surface area contributed by atoms with Gasteiger partial charge in [-0.25, -0.2) is 4.98 Å². The molecule has 0 bridgehead atoms. The highest BCUT2D eigenvalue weighted by atomic mass is 16.3. The van der Waals surface area contributed by atoms with Gasteiger partial charge in [-0.05, 0) is 111 Å². The Kier molecular flexibility index (Phi) is 8.53. The molecule has 12 aromatic rings. The van der Waals surface area contributed by atoms with Crippen LogP contribution in [0.2, 0.25) is 0 Å². The van der Waals surface area contributed by atoms with Crippen molar-refractivity contribution >= 4 is 60.7 Å². The summed E-state index contributed by atoms with van der Waals surface area (Å²) in [6, 6.07) is 80.9. The number of fused-ring (bicyclic) bond motifs is 9. The van der Waals surface area contributed by atoms with E-state index in [0.717, 1.165) is 56.1 Å². The van der Waals surface area contributed by atoms with Crippen molar-refractivity contribution in [3.05, 3.63) is 236 Å². The molecule has 1 aliphatic carbocycles. The van der Waals surface area contributed by atoms with Gasteiger partial charge in [0, 0.05) is 49.9 Å². The lowest BCUT2D eigenvalue weighted by molar-refractivity contribution is 0.621. The van der Waals surface area contributed by atoms with Gasteiger partial charge in [0.2, 0.25) is 5.89 Å². The summed E-state index contributed by atoms with van der Waals surface area (Å²) in [5.41, 5.74) is 18.8. The molecule has 10 aromatic carbocycles. The average molecular weight is 846 g/mol. The fourth-order valence-electron chi connectivity index (χ4n) is 10.7. The minimum Gasteiger partial charge on any atom is -0.435 e. The minimum absolute atomic E-state index is 0.0796. The summed E-state index contributed by atoms with van der Waals surface area (Å²) in [5.74, 6) is 0.605. The standard InChI is InChI=1S/C62H43N3O/c1-62(2)52-27-13-11-24-50(52)58-46(25-15-28-53(58)62)41-31-34-44(35-32-41)64(55-30-14-12-23-48(55)49-26-16-29-54-60(49)66-61(63-54)42-18-5-3-6-19-42)45-36-37-51-57(39-45)65(43-20-7-4-8-21-43)56-38-33-40-17-9-10-22-47(40)59(51)56/h3-39H,1-2H3. The molecule has 0 aliphatic heterocycles. The molecule has 4 nitrogen and oxygen atoms in total. The van der Waals surface area contributed by atoms with Crippen LogP contribution in [0.3, 0.4) is 0 Å². The van der Waals surface area contributed by atoms with Crippen LogP contribution in [0, 0.1) is 0 Å². The second-order valence-electron chi connectivity index (χ2n) is 17.9. The fraction of sp³-hybridized carbons (Fsp3) is 0.0484. The first kappa shape index (κ1) is 38.0. The highest BCUT2D eigenvalue weighted by molar-refractivity contribution is 6.22. The van der Waals surface area contributed by atoms with Gasteiger partial charge in [0.1, 0.15) is 5.52 Å². The van der Waals surface area contributed by atoms with Gasteiger partial charge in [0.15, 0.2) is 5.58 Å². The molecule has 66 heavy (non-hydrogen) atoms. The monoisotopic (exact) mass is 845 g/mol. The smallest absolute Gasteiger partial charge is 0.227 e. The van der Waals surface area contributed by atoms with Crippen LogP contribution in [0.15, 0.2) is 229 Å². The molecule has 2 aromatic heterocycles. The lowest BCUT2D eigenvalue weighted by Gasteiger charge is -2.28. The van der Waals surface area contributed by atoms with Crippen molar-refractivity contribution in [3.8, 4) is 50.5 Å². The van der Waals surface area contributed by atoms with Crippen molar-refractivity contribution < 1.29 is 4.42 Å². The van der Waals surface area contributed by atoms with E-state index in [1.54, 1.807) is 0 Å². The van der Waals surface area contributed by atoms with Gasteiger partial charge in [-0.3, -0.25) is 0 Å². The summed E-state index contributed by atoms with van der Waals surface area (Å²) in [6.45, 7) is 4.69.